The molecule has 5 atom stereocenters. The zero-order valence-electron chi connectivity index (χ0n) is 15.6. The minimum Gasteiger partial charge on any atom is -0.497 e. The zero-order chi connectivity index (χ0) is 16.4. The predicted molar refractivity (Wildman–Crippen MR) is 95.2 cm³/mol. The van der Waals surface area contributed by atoms with Crippen molar-refractivity contribution >= 4 is 0 Å². The van der Waals surface area contributed by atoms with Gasteiger partial charge >= 0.3 is 0 Å². The Morgan fingerprint density at radius 2 is 1.91 bits per heavy atom. The van der Waals surface area contributed by atoms with Crippen molar-refractivity contribution in [1.29, 1.82) is 0 Å². The Morgan fingerprint density at radius 3 is 2.61 bits per heavy atom. The van der Waals surface area contributed by atoms with Gasteiger partial charge in [-0.1, -0.05) is 47.0 Å². The van der Waals surface area contributed by atoms with Crippen molar-refractivity contribution in [3.63, 3.8) is 0 Å². The molecule has 0 unspecified atom stereocenters. The molecule has 23 heavy (non-hydrogen) atoms. The van der Waals surface area contributed by atoms with Crippen molar-refractivity contribution in [3.8, 4) is 0 Å². The maximum Gasteiger partial charge on any atom is 0.112 e. The topological polar surface area (TPSA) is 18.5 Å². The predicted octanol–water partition coefficient (Wildman–Crippen LogP) is 5.57. The van der Waals surface area contributed by atoms with E-state index >= 15 is 0 Å². The molecule has 2 aliphatic carbocycles. The third kappa shape index (κ3) is 3.78. The standard InChI is InChI=1S/C21H36O2/c1-15(2)18-10-9-16(3)13-19(18)23-14-21(4)11-12-22-20(21)17-7-5-6-8-17/h11-12,15-20H,5-10,13-14H2,1-4H3/t16-,18+,19-,20+,21-/m1/s1. The zero-order valence-corrected chi connectivity index (χ0v) is 15.6. The summed E-state index contributed by atoms with van der Waals surface area (Å²) in [6.07, 6.45) is 14.3. The van der Waals surface area contributed by atoms with Gasteiger partial charge in [0.25, 0.3) is 0 Å². The second kappa shape index (κ2) is 7.17. The van der Waals surface area contributed by atoms with E-state index in [9.17, 15) is 0 Å². The van der Waals surface area contributed by atoms with Crippen LogP contribution in [-0.2, 0) is 9.47 Å². The third-order valence-electron chi connectivity index (χ3n) is 6.72. The molecule has 0 amide bonds. The Balaban J connectivity index is 1.61. The van der Waals surface area contributed by atoms with Gasteiger partial charge in [0.1, 0.15) is 6.10 Å². The summed E-state index contributed by atoms with van der Waals surface area (Å²) < 4.78 is 12.6. The minimum absolute atomic E-state index is 0.0667. The van der Waals surface area contributed by atoms with E-state index in [2.05, 4.69) is 33.8 Å². The molecule has 0 aromatic rings. The number of ether oxygens (including phenoxy) is 2. The van der Waals surface area contributed by atoms with E-state index in [0.29, 0.717) is 12.2 Å². The molecule has 0 N–H and O–H groups in total. The molecule has 3 aliphatic rings. The molecular formula is C21H36O2. The molecule has 2 nitrogen and oxygen atoms in total. The lowest BCUT2D eigenvalue weighted by Gasteiger charge is -2.40. The maximum atomic E-state index is 6.57. The molecule has 0 radical (unpaired) electrons. The van der Waals surface area contributed by atoms with Crippen molar-refractivity contribution in [2.45, 2.75) is 84.8 Å². The van der Waals surface area contributed by atoms with Gasteiger partial charge in [0.15, 0.2) is 0 Å². The largest absolute Gasteiger partial charge is 0.497 e. The first-order valence-electron chi connectivity index (χ1n) is 9.94. The maximum absolute atomic E-state index is 6.57. The normalized spacial score (nSPS) is 41.6. The van der Waals surface area contributed by atoms with Crippen LogP contribution >= 0.6 is 0 Å². The van der Waals surface area contributed by atoms with Gasteiger partial charge in [-0.15, -0.1) is 0 Å². The fourth-order valence-corrected chi connectivity index (χ4v) is 5.16. The average Bonchev–Trinajstić information content (AvgIpc) is 3.14. The van der Waals surface area contributed by atoms with Crippen LogP contribution in [0.1, 0.15) is 72.6 Å². The van der Waals surface area contributed by atoms with Crippen LogP contribution in [0.25, 0.3) is 0 Å². The third-order valence-corrected chi connectivity index (χ3v) is 6.72. The first-order valence-corrected chi connectivity index (χ1v) is 9.94. The van der Waals surface area contributed by atoms with E-state index in [1.165, 1.54) is 44.9 Å². The van der Waals surface area contributed by atoms with Gasteiger partial charge in [-0.25, -0.2) is 0 Å². The van der Waals surface area contributed by atoms with Crippen LogP contribution in [0.3, 0.4) is 0 Å². The summed E-state index contributed by atoms with van der Waals surface area (Å²) in [5.41, 5.74) is 0.0667. The summed E-state index contributed by atoms with van der Waals surface area (Å²) in [6.45, 7) is 10.3. The summed E-state index contributed by atoms with van der Waals surface area (Å²) in [4.78, 5) is 0. The highest BCUT2D eigenvalue weighted by Crippen LogP contribution is 2.44. The van der Waals surface area contributed by atoms with E-state index in [1.54, 1.807) is 0 Å². The van der Waals surface area contributed by atoms with Crippen molar-refractivity contribution in [2.24, 2.45) is 29.1 Å². The van der Waals surface area contributed by atoms with Crippen molar-refractivity contribution in [2.75, 3.05) is 6.61 Å². The van der Waals surface area contributed by atoms with Crippen molar-refractivity contribution < 1.29 is 9.47 Å². The van der Waals surface area contributed by atoms with E-state index in [1.807, 2.05) is 6.26 Å². The van der Waals surface area contributed by atoms with Crippen LogP contribution in [0.2, 0.25) is 0 Å². The van der Waals surface area contributed by atoms with Gasteiger partial charge in [0, 0.05) is 5.41 Å². The van der Waals surface area contributed by atoms with Gasteiger partial charge in [-0.05, 0) is 55.4 Å². The van der Waals surface area contributed by atoms with E-state index in [0.717, 1.165) is 30.3 Å². The van der Waals surface area contributed by atoms with Crippen LogP contribution < -0.4 is 0 Å². The van der Waals surface area contributed by atoms with Crippen LogP contribution in [0.15, 0.2) is 12.3 Å². The molecule has 2 heteroatoms. The van der Waals surface area contributed by atoms with Crippen molar-refractivity contribution in [1.82, 2.24) is 0 Å². The highest BCUT2D eigenvalue weighted by Gasteiger charge is 2.44. The second-order valence-electron chi connectivity index (χ2n) is 9.09. The lowest BCUT2D eigenvalue weighted by Crippen LogP contribution is -2.41. The van der Waals surface area contributed by atoms with Crippen molar-refractivity contribution in [3.05, 3.63) is 12.3 Å². The minimum atomic E-state index is 0.0667. The quantitative estimate of drug-likeness (QED) is 0.659. The number of hydrogen-bond acceptors (Lipinski definition) is 2. The van der Waals surface area contributed by atoms with Crippen LogP contribution in [0, 0.1) is 29.1 Å². The van der Waals surface area contributed by atoms with Gasteiger partial charge in [-0.2, -0.15) is 0 Å². The summed E-state index contributed by atoms with van der Waals surface area (Å²) in [5.74, 6) is 2.99. The van der Waals surface area contributed by atoms with E-state index < -0.39 is 0 Å². The smallest absolute Gasteiger partial charge is 0.112 e. The van der Waals surface area contributed by atoms with Crippen LogP contribution in [-0.4, -0.2) is 18.8 Å². The first-order chi connectivity index (χ1) is 11.0. The molecule has 1 aliphatic heterocycles. The lowest BCUT2D eigenvalue weighted by atomic mass is 9.75. The first kappa shape index (κ1) is 17.3. The van der Waals surface area contributed by atoms with Gasteiger partial charge in [0.2, 0.25) is 0 Å². The molecular weight excluding hydrogens is 284 g/mol. The average molecular weight is 321 g/mol. The molecule has 0 saturated heterocycles. The van der Waals surface area contributed by atoms with Crippen LogP contribution in [0.5, 0.6) is 0 Å². The molecule has 2 saturated carbocycles. The Kier molecular flexibility index (Phi) is 5.40. The van der Waals surface area contributed by atoms with Gasteiger partial charge < -0.3 is 9.47 Å². The molecule has 0 spiro atoms. The summed E-state index contributed by atoms with van der Waals surface area (Å²) in [5, 5.41) is 0. The molecule has 0 aromatic heterocycles. The summed E-state index contributed by atoms with van der Waals surface area (Å²) in [6, 6.07) is 0. The summed E-state index contributed by atoms with van der Waals surface area (Å²) in [7, 11) is 0. The SMILES string of the molecule is CC(C)[C@@H]1CC[C@@H](C)C[C@H]1OC[C@@]1(C)C=CO[C@H]1C1CCCC1. The number of hydrogen-bond donors (Lipinski definition) is 0. The fourth-order valence-electron chi connectivity index (χ4n) is 5.16. The van der Waals surface area contributed by atoms with E-state index in [4.69, 9.17) is 9.47 Å². The highest BCUT2D eigenvalue weighted by atomic mass is 16.5. The summed E-state index contributed by atoms with van der Waals surface area (Å²) >= 11 is 0. The fraction of sp³-hybridized carbons (Fsp3) is 0.905. The molecule has 0 aromatic carbocycles. The Bertz CT molecular complexity index is 410. The monoisotopic (exact) mass is 320 g/mol. The Hall–Kier alpha value is -0.500. The highest BCUT2D eigenvalue weighted by molar-refractivity contribution is 5.08. The van der Waals surface area contributed by atoms with Gasteiger partial charge in [0.05, 0.1) is 19.0 Å². The Morgan fingerprint density at radius 1 is 1.17 bits per heavy atom. The van der Waals surface area contributed by atoms with E-state index in [-0.39, 0.29) is 5.41 Å². The molecule has 132 valence electrons. The molecule has 2 fully saturated rings. The van der Waals surface area contributed by atoms with Gasteiger partial charge in [-0.3, -0.25) is 0 Å². The molecule has 1 heterocycles. The molecule has 0 bridgehead atoms. The number of rotatable bonds is 5. The second-order valence-corrected chi connectivity index (χ2v) is 9.09. The van der Waals surface area contributed by atoms with Crippen LogP contribution in [0.4, 0.5) is 0 Å². The molecule has 3 rings (SSSR count). The Labute approximate surface area is 143 Å². The lowest BCUT2D eigenvalue weighted by molar-refractivity contribution is -0.0865.